The van der Waals surface area contributed by atoms with Gasteiger partial charge >= 0.3 is 6.03 Å². The van der Waals surface area contributed by atoms with Crippen molar-refractivity contribution < 1.29 is 4.79 Å². The number of rotatable bonds is 3. The van der Waals surface area contributed by atoms with E-state index < -0.39 is 0 Å². The highest BCUT2D eigenvalue weighted by Gasteiger charge is 2.21. The number of hydrogen-bond donors (Lipinski definition) is 1. The predicted octanol–water partition coefficient (Wildman–Crippen LogP) is 2.71. The number of benzene rings is 1. The fourth-order valence-corrected chi connectivity index (χ4v) is 3.30. The number of aromatic nitrogens is 4. The van der Waals surface area contributed by atoms with Crippen molar-refractivity contribution in [1.82, 2.24) is 24.9 Å². The van der Waals surface area contributed by atoms with Gasteiger partial charge in [0.05, 0.1) is 23.3 Å². The molecule has 3 aromatic rings. The summed E-state index contributed by atoms with van der Waals surface area (Å²) in [6.07, 6.45) is 4.40. The molecule has 0 radical (unpaired) electrons. The highest BCUT2D eigenvalue weighted by atomic mass is 16.2. The van der Waals surface area contributed by atoms with Crippen LogP contribution in [0.4, 0.5) is 16.3 Å². The quantitative estimate of drug-likeness (QED) is 0.759. The van der Waals surface area contributed by atoms with E-state index in [1.165, 1.54) is 0 Å². The molecular weight excluding hydrogens is 354 g/mol. The summed E-state index contributed by atoms with van der Waals surface area (Å²) in [5.74, 6) is 0.852. The van der Waals surface area contributed by atoms with Gasteiger partial charge in [0.1, 0.15) is 0 Å². The first-order valence-corrected chi connectivity index (χ1v) is 9.41. The number of carbonyl (C=O) groups is 1. The molecule has 1 fully saturated rings. The van der Waals surface area contributed by atoms with Crippen LogP contribution in [0.3, 0.4) is 0 Å². The number of amides is 2. The second-order valence-electron chi connectivity index (χ2n) is 6.75. The summed E-state index contributed by atoms with van der Waals surface area (Å²) in [5, 5.41) is 15.6. The third kappa shape index (κ3) is 3.95. The van der Waals surface area contributed by atoms with Crippen LogP contribution in [0.2, 0.25) is 0 Å². The fraction of sp³-hybridized carbons (Fsp3) is 0.300. The first kappa shape index (κ1) is 18.0. The van der Waals surface area contributed by atoms with Crippen LogP contribution in [0.25, 0.3) is 5.69 Å². The molecule has 0 bridgehead atoms. The molecule has 28 heavy (non-hydrogen) atoms. The fourth-order valence-electron chi connectivity index (χ4n) is 3.30. The molecule has 0 aliphatic carbocycles. The molecule has 0 saturated carbocycles. The second kappa shape index (κ2) is 8.08. The highest BCUT2D eigenvalue weighted by molar-refractivity contribution is 5.89. The maximum absolute atomic E-state index is 12.8. The Morgan fingerprint density at radius 1 is 1.04 bits per heavy atom. The molecule has 1 N–H and O–H groups in total. The molecule has 2 amide bonds. The van der Waals surface area contributed by atoms with Gasteiger partial charge in [-0.3, -0.25) is 0 Å². The average molecular weight is 377 g/mol. The van der Waals surface area contributed by atoms with Crippen LogP contribution in [0, 0.1) is 6.92 Å². The Balaban J connectivity index is 1.41. The zero-order chi connectivity index (χ0) is 19.3. The Bertz CT molecular complexity index is 926. The number of para-hydroxylation sites is 1. The lowest BCUT2D eigenvalue weighted by molar-refractivity contribution is 0.215. The van der Waals surface area contributed by atoms with Crippen molar-refractivity contribution in [2.24, 2.45) is 0 Å². The molecule has 8 nitrogen and oxygen atoms in total. The van der Waals surface area contributed by atoms with Gasteiger partial charge in [0.25, 0.3) is 0 Å². The maximum Gasteiger partial charge on any atom is 0.322 e. The molecule has 1 aromatic carbocycles. The number of nitrogens with one attached hydrogen (secondary N) is 1. The average Bonchev–Trinajstić information content (AvgIpc) is 2.94. The van der Waals surface area contributed by atoms with Gasteiger partial charge in [-0.25, -0.2) is 9.48 Å². The molecule has 1 saturated heterocycles. The molecule has 3 heterocycles. The molecule has 8 heteroatoms. The van der Waals surface area contributed by atoms with Crippen LogP contribution in [0.1, 0.15) is 12.1 Å². The van der Waals surface area contributed by atoms with E-state index >= 15 is 0 Å². The van der Waals surface area contributed by atoms with Crippen molar-refractivity contribution in [2.45, 2.75) is 13.3 Å². The van der Waals surface area contributed by atoms with Crippen molar-refractivity contribution in [3.63, 3.8) is 0 Å². The van der Waals surface area contributed by atoms with Crippen molar-refractivity contribution in [3.8, 4) is 5.69 Å². The number of carbonyl (C=O) groups excluding carboxylic acids is 1. The van der Waals surface area contributed by atoms with Gasteiger partial charge in [-0.05, 0) is 37.6 Å². The lowest BCUT2D eigenvalue weighted by Gasteiger charge is -2.22. The summed E-state index contributed by atoms with van der Waals surface area (Å²) in [6.45, 7) is 4.82. The summed E-state index contributed by atoms with van der Waals surface area (Å²) in [6, 6.07) is 13.6. The normalized spacial score (nSPS) is 14.6. The smallest absolute Gasteiger partial charge is 0.322 e. The number of nitrogens with zero attached hydrogens (tertiary/aromatic N) is 6. The number of anilines is 2. The van der Waals surface area contributed by atoms with Crippen molar-refractivity contribution in [1.29, 1.82) is 0 Å². The lowest BCUT2D eigenvalue weighted by Crippen LogP contribution is -2.38. The SMILES string of the molecule is Cc1nn(-c2ccccc2)cc1NC(=O)N1CCCN(c2cccnn2)CC1. The second-order valence-corrected chi connectivity index (χ2v) is 6.75. The molecule has 144 valence electrons. The third-order valence-electron chi connectivity index (χ3n) is 4.83. The minimum absolute atomic E-state index is 0.100. The van der Waals surface area contributed by atoms with Gasteiger partial charge in [0, 0.05) is 32.4 Å². The predicted molar refractivity (Wildman–Crippen MR) is 108 cm³/mol. The van der Waals surface area contributed by atoms with E-state index in [9.17, 15) is 4.79 Å². The minimum atomic E-state index is -0.100. The minimum Gasteiger partial charge on any atom is -0.353 e. The molecular formula is C20H23N7O. The van der Waals surface area contributed by atoms with Crippen LogP contribution in [-0.4, -0.2) is 57.1 Å². The number of aryl methyl sites for hydroxylation is 1. The van der Waals surface area contributed by atoms with Gasteiger partial charge in [0.2, 0.25) is 0 Å². The van der Waals surface area contributed by atoms with Gasteiger partial charge in [-0.1, -0.05) is 18.2 Å². The van der Waals surface area contributed by atoms with E-state index in [0.717, 1.165) is 42.4 Å². The van der Waals surface area contributed by atoms with Crippen LogP contribution >= 0.6 is 0 Å². The van der Waals surface area contributed by atoms with E-state index in [4.69, 9.17) is 0 Å². The topological polar surface area (TPSA) is 79.2 Å². The van der Waals surface area contributed by atoms with Crippen LogP contribution < -0.4 is 10.2 Å². The van der Waals surface area contributed by atoms with E-state index in [1.54, 1.807) is 10.9 Å². The van der Waals surface area contributed by atoms with Crippen molar-refractivity contribution in [3.05, 3.63) is 60.6 Å². The molecule has 0 spiro atoms. The molecule has 0 atom stereocenters. The standard InChI is InChI=1S/C20H23N7O/c1-16-18(15-27(24-16)17-7-3-2-4-8-17)22-20(28)26-12-6-11-25(13-14-26)19-9-5-10-21-23-19/h2-5,7-10,15H,6,11-14H2,1H3,(H,22,28). The summed E-state index contributed by atoms with van der Waals surface area (Å²) >= 11 is 0. The first-order valence-electron chi connectivity index (χ1n) is 9.41. The summed E-state index contributed by atoms with van der Waals surface area (Å²) in [7, 11) is 0. The van der Waals surface area contributed by atoms with Gasteiger partial charge in [-0.2, -0.15) is 10.2 Å². The Labute approximate surface area is 163 Å². The summed E-state index contributed by atoms with van der Waals surface area (Å²) in [5.41, 5.74) is 2.47. The number of urea groups is 1. The zero-order valence-electron chi connectivity index (χ0n) is 15.8. The Morgan fingerprint density at radius 2 is 1.89 bits per heavy atom. The monoisotopic (exact) mass is 377 g/mol. The van der Waals surface area contributed by atoms with Crippen LogP contribution in [0.5, 0.6) is 0 Å². The number of hydrogen-bond acceptors (Lipinski definition) is 5. The molecule has 2 aromatic heterocycles. The summed E-state index contributed by atoms with van der Waals surface area (Å²) < 4.78 is 1.78. The van der Waals surface area contributed by atoms with E-state index in [1.807, 2.05) is 60.5 Å². The van der Waals surface area contributed by atoms with E-state index in [0.29, 0.717) is 13.1 Å². The van der Waals surface area contributed by atoms with Gasteiger partial charge in [0.15, 0.2) is 5.82 Å². The lowest BCUT2D eigenvalue weighted by atomic mass is 10.3. The first-order chi connectivity index (χ1) is 13.7. The van der Waals surface area contributed by atoms with Crippen molar-refractivity contribution in [2.75, 3.05) is 36.4 Å². The molecule has 0 unspecified atom stereocenters. The van der Waals surface area contributed by atoms with Gasteiger partial charge < -0.3 is 15.1 Å². The van der Waals surface area contributed by atoms with E-state index in [-0.39, 0.29) is 6.03 Å². The Morgan fingerprint density at radius 3 is 2.68 bits per heavy atom. The molecule has 4 rings (SSSR count). The Hall–Kier alpha value is -3.42. The third-order valence-corrected chi connectivity index (χ3v) is 4.83. The van der Waals surface area contributed by atoms with Crippen LogP contribution in [-0.2, 0) is 0 Å². The molecule has 1 aliphatic rings. The van der Waals surface area contributed by atoms with Crippen LogP contribution in [0.15, 0.2) is 54.9 Å². The van der Waals surface area contributed by atoms with Gasteiger partial charge in [-0.15, -0.1) is 5.10 Å². The molecule has 1 aliphatic heterocycles. The zero-order valence-corrected chi connectivity index (χ0v) is 15.8. The largest absolute Gasteiger partial charge is 0.353 e. The summed E-state index contributed by atoms with van der Waals surface area (Å²) in [4.78, 5) is 16.8. The van der Waals surface area contributed by atoms with E-state index in [2.05, 4.69) is 25.5 Å². The Kier molecular flexibility index (Phi) is 5.18. The van der Waals surface area contributed by atoms with Crippen molar-refractivity contribution >= 4 is 17.5 Å². The highest BCUT2D eigenvalue weighted by Crippen LogP contribution is 2.18. The maximum atomic E-state index is 12.8.